The monoisotopic (exact) mass is 275 g/mol. The van der Waals surface area contributed by atoms with E-state index in [2.05, 4.69) is 15.5 Å². The number of carbonyl (C=O) groups is 1. The number of carbonyl (C=O) groups excluding carboxylic acids is 1. The van der Waals surface area contributed by atoms with Crippen molar-refractivity contribution in [3.8, 4) is 0 Å². The van der Waals surface area contributed by atoms with Gasteiger partial charge in [-0.1, -0.05) is 19.3 Å². The summed E-state index contributed by atoms with van der Waals surface area (Å²) >= 11 is 0. The lowest BCUT2D eigenvalue weighted by Crippen LogP contribution is -2.46. The van der Waals surface area contributed by atoms with E-state index in [-0.39, 0.29) is 12.4 Å². The van der Waals surface area contributed by atoms with Gasteiger partial charge in [0.1, 0.15) is 0 Å². The van der Waals surface area contributed by atoms with Crippen LogP contribution in [0.15, 0.2) is 0 Å². The zero-order chi connectivity index (χ0) is 11.9. The highest BCUT2D eigenvalue weighted by Crippen LogP contribution is 2.23. The largest absolute Gasteiger partial charge is 0.355 e. The molecule has 2 rings (SSSR count). The van der Waals surface area contributed by atoms with Crippen molar-refractivity contribution in [1.29, 1.82) is 0 Å². The van der Waals surface area contributed by atoms with Crippen LogP contribution in [0, 0.1) is 5.92 Å². The average Bonchev–Trinajstić information content (AvgIpc) is 2.41. The molecule has 2 fully saturated rings. The Bertz CT molecular complexity index is 238. The highest BCUT2D eigenvalue weighted by atomic mass is 35.5. The number of piperazine rings is 1. The molecule has 1 heterocycles. The summed E-state index contributed by atoms with van der Waals surface area (Å²) in [7, 11) is 0. The fourth-order valence-corrected chi connectivity index (χ4v) is 2.78. The second-order valence-electron chi connectivity index (χ2n) is 5.22. The highest BCUT2D eigenvalue weighted by molar-refractivity contribution is 5.85. The number of rotatable bonds is 4. The van der Waals surface area contributed by atoms with E-state index in [1.54, 1.807) is 0 Å². The molecule has 1 saturated heterocycles. The van der Waals surface area contributed by atoms with Gasteiger partial charge in [-0.3, -0.25) is 9.69 Å². The predicted octanol–water partition coefficient (Wildman–Crippen LogP) is 1.01. The van der Waals surface area contributed by atoms with Crippen molar-refractivity contribution >= 4 is 18.3 Å². The van der Waals surface area contributed by atoms with Crippen molar-refractivity contribution in [2.45, 2.75) is 32.1 Å². The van der Waals surface area contributed by atoms with Gasteiger partial charge in [0.15, 0.2) is 0 Å². The Labute approximate surface area is 116 Å². The van der Waals surface area contributed by atoms with Crippen LogP contribution in [0.5, 0.6) is 0 Å². The third-order valence-electron chi connectivity index (χ3n) is 3.91. The van der Waals surface area contributed by atoms with Crippen LogP contribution in [-0.4, -0.2) is 50.1 Å². The molecule has 0 atom stereocenters. The molecular weight excluding hydrogens is 250 g/mol. The second-order valence-corrected chi connectivity index (χ2v) is 5.22. The topological polar surface area (TPSA) is 44.4 Å². The summed E-state index contributed by atoms with van der Waals surface area (Å²) in [6.07, 6.45) is 5.97. The van der Waals surface area contributed by atoms with E-state index in [0.717, 1.165) is 52.1 Å². The summed E-state index contributed by atoms with van der Waals surface area (Å²) in [5, 5.41) is 6.44. The maximum absolute atomic E-state index is 11.9. The van der Waals surface area contributed by atoms with Gasteiger partial charge in [0.25, 0.3) is 0 Å². The Hall–Kier alpha value is -0.320. The molecule has 0 radical (unpaired) electrons. The summed E-state index contributed by atoms with van der Waals surface area (Å²) in [5.74, 6) is 0.589. The van der Waals surface area contributed by atoms with E-state index in [0.29, 0.717) is 11.8 Å². The maximum atomic E-state index is 11.9. The lowest BCUT2D eigenvalue weighted by Gasteiger charge is -2.27. The van der Waals surface area contributed by atoms with Crippen LogP contribution in [0.2, 0.25) is 0 Å². The summed E-state index contributed by atoms with van der Waals surface area (Å²) in [6, 6.07) is 0. The van der Waals surface area contributed by atoms with Crippen molar-refractivity contribution in [2.75, 3.05) is 39.3 Å². The fraction of sp³-hybridized carbons (Fsp3) is 0.923. The van der Waals surface area contributed by atoms with E-state index in [1.165, 1.54) is 19.3 Å². The molecule has 0 aromatic carbocycles. The van der Waals surface area contributed by atoms with Crippen LogP contribution < -0.4 is 10.6 Å². The van der Waals surface area contributed by atoms with Crippen LogP contribution in [-0.2, 0) is 4.79 Å². The first-order valence-electron chi connectivity index (χ1n) is 7.07. The van der Waals surface area contributed by atoms with Crippen LogP contribution >= 0.6 is 12.4 Å². The molecule has 0 aromatic rings. The molecule has 0 bridgehead atoms. The fourth-order valence-electron chi connectivity index (χ4n) is 2.78. The molecule has 106 valence electrons. The Kier molecular flexibility index (Phi) is 7.63. The molecule has 0 spiro atoms. The van der Waals surface area contributed by atoms with E-state index >= 15 is 0 Å². The summed E-state index contributed by atoms with van der Waals surface area (Å²) in [4.78, 5) is 14.3. The first kappa shape index (κ1) is 15.7. The highest BCUT2D eigenvalue weighted by Gasteiger charge is 2.20. The average molecular weight is 276 g/mol. The maximum Gasteiger partial charge on any atom is 0.223 e. The number of amides is 1. The molecule has 0 aromatic heterocycles. The van der Waals surface area contributed by atoms with Gasteiger partial charge in [0.05, 0.1) is 0 Å². The SMILES string of the molecule is Cl.O=C(NCCN1CCNCC1)C1CCCCC1. The Morgan fingerprint density at radius 3 is 2.50 bits per heavy atom. The number of nitrogens with one attached hydrogen (secondary N) is 2. The molecule has 1 aliphatic carbocycles. The van der Waals surface area contributed by atoms with Gasteiger partial charge in [-0.05, 0) is 12.8 Å². The van der Waals surface area contributed by atoms with E-state index in [1.807, 2.05) is 0 Å². The van der Waals surface area contributed by atoms with E-state index in [9.17, 15) is 4.79 Å². The van der Waals surface area contributed by atoms with Crippen molar-refractivity contribution in [1.82, 2.24) is 15.5 Å². The minimum absolute atomic E-state index is 0. The first-order valence-corrected chi connectivity index (χ1v) is 7.07. The van der Waals surface area contributed by atoms with E-state index < -0.39 is 0 Å². The minimum atomic E-state index is 0. The van der Waals surface area contributed by atoms with Crippen LogP contribution in [0.25, 0.3) is 0 Å². The standard InChI is InChI=1S/C13H25N3O.ClH/c17-13(12-4-2-1-3-5-12)15-8-11-16-9-6-14-7-10-16;/h12,14H,1-11H2,(H,15,17);1H. The third-order valence-corrected chi connectivity index (χ3v) is 3.91. The molecule has 4 nitrogen and oxygen atoms in total. The van der Waals surface area contributed by atoms with Gasteiger partial charge in [0.2, 0.25) is 5.91 Å². The van der Waals surface area contributed by atoms with Crippen LogP contribution in [0.1, 0.15) is 32.1 Å². The zero-order valence-corrected chi connectivity index (χ0v) is 11.9. The molecule has 18 heavy (non-hydrogen) atoms. The Morgan fingerprint density at radius 2 is 1.83 bits per heavy atom. The lowest BCUT2D eigenvalue weighted by atomic mass is 9.89. The van der Waals surface area contributed by atoms with Gasteiger partial charge < -0.3 is 10.6 Å². The predicted molar refractivity (Wildman–Crippen MR) is 76.1 cm³/mol. The van der Waals surface area contributed by atoms with Crippen molar-refractivity contribution in [3.05, 3.63) is 0 Å². The lowest BCUT2D eigenvalue weighted by molar-refractivity contribution is -0.125. The quantitative estimate of drug-likeness (QED) is 0.805. The molecule has 1 aliphatic heterocycles. The van der Waals surface area contributed by atoms with Gasteiger partial charge >= 0.3 is 0 Å². The number of nitrogens with zero attached hydrogens (tertiary/aromatic N) is 1. The summed E-state index contributed by atoms with van der Waals surface area (Å²) < 4.78 is 0. The minimum Gasteiger partial charge on any atom is -0.355 e. The normalized spacial score (nSPS) is 22.2. The molecule has 2 aliphatic rings. The van der Waals surface area contributed by atoms with Crippen molar-refractivity contribution < 1.29 is 4.79 Å². The van der Waals surface area contributed by atoms with Crippen LogP contribution in [0.4, 0.5) is 0 Å². The number of hydrogen-bond donors (Lipinski definition) is 2. The summed E-state index contributed by atoms with van der Waals surface area (Å²) in [6.45, 7) is 6.20. The Morgan fingerprint density at radius 1 is 1.17 bits per heavy atom. The number of halogens is 1. The molecular formula is C13H26ClN3O. The van der Waals surface area contributed by atoms with Gasteiger partial charge in [-0.2, -0.15) is 0 Å². The van der Waals surface area contributed by atoms with Crippen molar-refractivity contribution in [2.24, 2.45) is 5.92 Å². The summed E-state index contributed by atoms with van der Waals surface area (Å²) in [5.41, 5.74) is 0. The van der Waals surface area contributed by atoms with Gasteiger partial charge in [0, 0.05) is 45.2 Å². The third kappa shape index (κ3) is 5.12. The second kappa shape index (κ2) is 8.73. The molecule has 1 amide bonds. The zero-order valence-electron chi connectivity index (χ0n) is 11.1. The molecule has 5 heteroatoms. The van der Waals surface area contributed by atoms with Gasteiger partial charge in [-0.15, -0.1) is 12.4 Å². The molecule has 1 saturated carbocycles. The van der Waals surface area contributed by atoms with Gasteiger partial charge in [-0.25, -0.2) is 0 Å². The van der Waals surface area contributed by atoms with E-state index in [4.69, 9.17) is 0 Å². The Balaban J connectivity index is 0.00000162. The number of hydrogen-bond acceptors (Lipinski definition) is 3. The molecule has 0 unspecified atom stereocenters. The van der Waals surface area contributed by atoms with Crippen LogP contribution in [0.3, 0.4) is 0 Å². The first-order chi connectivity index (χ1) is 8.36. The smallest absolute Gasteiger partial charge is 0.223 e. The molecule has 2 N–H and O–H groups in total. The van der Waals surface area contributed by atoms with Crippen molar-refractivity contribution in [3.63, 3.8) is 0 Å².